The number of aromatic nitrogens is 3. The summed E-state index contributed by atoms with van der Waals surface area (Å²) in [5.74, 6) is 0.843. The highest BCUT2D eigenvalue weighted by atomic mass is 16.5. The van der Waals surface area contributed by atoms with Crippen LogP contribution in [0.25, 0.3) is 33.3 Å². The molecule has 0 radical (unpaired) electrons. The summed E-state index contributed by atoms with van der Waals surface area (Å²) in [4.78, 5) is 7.57. The van der Waals surface area contributed by atoms with Gasteiger partial charge in [0.25, 0.3) is 0 Å². The van der Waals surface area contributed by atoms with E-state index in [9.17, 15) is 0 Å². The molecule has 4 rings (SSSR count). The SMILES string of the molecule is Cc1noc(C)c1-c1cccc(-c2c[nH]c3ncccc23)c1. The Morgan fingerprint density at radius 3 is 2.73 bits per heavy atom. The fourth-order valence-corrected chi connectivity index (χ4v) is 2.93. The maximum absolute atomic E-state index is 5.28. The molecule has 0 aliphatic rings. The molecule has 0 spiro atoms. The number of nitrogens with zero attached hydrogens (tertiary/aromatic N) is 2. The first kappa shape index (κ1) is 12.8. The Kier molecular flexibility index (Phi) is 2.82. The summed E-state index contributed by atoms with van der Waals surface area (Å²) in [5.41, 5.74) is 6.30. The Morgan fingerprint density at radius 1 is 1.05 bits per heavy atom. The van der Waals surface area contributed by atoms with Crippen LogP contribution in [0.3, 0.4) is 0 Å². The van der Waals surface area contributed by atoms with E-state index in [-0.39, 0.29) is 0 Å². The second-order valence-corrected chi connectivity index (χ2v) is 5.38. The van der Waals surface area contributed by atoms with Crippen LogP contribution in [0.15, 0.2) is 53.3 Å². The van der Waals surface area contributed by atoms with E-state index in [1.165, 1.54) is 0 Å². The summed E-state index contributed by atoms with van der Waals surface area (Å²) in [6, 6.07) is 12.5. The van der Waals surface area contributed by atoms with Gasteiger partial charge in [0.2, 0.25) is 0 Å². The second-order valence-electron chi connectivity index (χ2n) is 5.38. The van der Waals surface area contributed by atoms with Crippen LogP contribution >= 0.6 is 0 Å². The molecule has 0 bridgehead atoms. The number of benzene rings is 1. The van der Waals surface area contributed by atoms with Crippen molar-refractivity contribution in [1.29, 1.82) is 0 Å². The van der Waals surface area contributed by atoms with Gasteiger partial charge >= 0.3 is 0 Å². The van der Waals surface area contributed by atoms with Crippen molar-refractivity contribution < 1.29 is 4.52 Å². The van der Waals surface area contributed by atoms with E-state index in [4.69, 9.17) is 4.52 Å². The van der Waals surface area contributed by atoms with Crippen LogP contribution in [-0.2, 0) is 0 Å². The average Bonchev–Trinajstić information content (AvgIpc) is 3.11. The predicted molar refractivity (Wildman–Crippen MR) is 86.5 cm³/mol. The van der Waals surface area contributed by atoms with E-state index in [0.717, 1.165) is 44.7 Å². The molecule has 0 amide bonds. The van der Waals surface area contributed by atoms with Gasteiger partial charge in [0.05, 0.1) is 5.69 Å². The number of rotatable bonds is 2. The topological polar surface area (TPSA) is 54.7 Å². The maximum Gasteiger partial charge on any atom is 0.141 e. The lowest BCUT2D eigenvalue weighted by molar-refractivity contribution is 0.393. The third-order valence-corrected chi connectivity index (χ3v) is 3.95. The largest absolute Gasteiger partial charge is 0.361 e. The molecular weight excluding hydrogens is 274 g/mol. The highest BCUT2D eigenvalue weighted by Crippen LogP contribution is 2.33. The van der Waals surface area contributed by atoms with Gasteiger partial charge in [0, 0.05) is 28.9 Å². The number of aryl methyl sites for hydroxylation is 2. The third-order valence-electron chi connectivity index (χ3n) is 3.95. The van der Waals surface area contributed by atoms with E-state index in [2.05, 4.69) is 45.5 Å². The van der Waals surface area contributed by atoms with Gasteiger partial charge in [-0.1, -0.05) is 23.4 Å². The van der Waals surface area contributed by atoms with E-state index >= 15 is 0 Å². The maximum atomic E-state index is 5.28. The molecule has 4 nitrogen and oxygen atoms in total. The number of hydrogen-bond donors (Lipinski definition) is 1. The number of H-pyrrole nitrogens is 1. The van der Waals surface area contributed by atoms with Gasteiger partial charge in [-0.05, 0) is 43.2 Å². The minimum atomic E-state index is 0.843. The van der Waals surface area contributed by atoms with Gasteiger partial charge in [-0.15, -0.1) is 0 Å². The van der Waals surface area contributed by atoms with Gasteiger partial charge in [-0.25, -0.2) is 4.98 Å². The molecule has 0 saturated heterocycles. The predicted octanol–water partition coefficient (Wildman–Crippen LogP) is 4.50. The monoisotopic (exact) mass is 289 g/mol. The van der Waals surface area contributed by atoms with E-state index in [0.29, 0.717) is 0 Å². The quantitative estimate of drug-likeness (QED) is 0.591. The number of nitrogens with one attached hydrogen (secondary N) is 1. The zero-order valence-corrected chi connectivity index (χ0v) is 12.4. The molecule has 4 aromatic rings. The van der Waals surface area contributed by atoms with Crippen molar-refractivity contribution >= 4 is 11.0 Å². The van der Waals surface area contributed by atoms with Crippen LogP contribution in [0.4, 0.5) is 0 Å². The molecule has 3 heterocycles. The van der Waals surface area contributed by atoms with Gasteiger partial charge in [0.15, 0.2) is 0 Å². The van der Waals surface area contributed by atoms with Crippen molar-refractivity contribution in [2.24, 2.45) is 0 Å². The molecule has 0 atom stereocenters. The number of aromatic amines is 1. The van der Waals surface area contributed by atoms with E-state index < -0.39 is 0 Å². The van der Waals surface area contributed by atoms with Crippen molar-refractivity contribution in [3.05, 3.63) is 60.2 Å². The first-order valence-corrected chi connectivity index (χ1v) is 7.20. The molecule has 1 N–H and O–H groups in total. The molecule has 108 valence electrons. The Balaban J connectivity index is 1.89. The molecule has 1 aromatic carbocycles. The lowest BCUT2D eigenvalue weighted by Gasteiger charge is -2.04. The van der Waals surface area contributed by atoms with Crippen molar-refractivity contribution in [2.75, 3.05) is 0 Å². The van der Waals surface area contributed by atoms with Gasteiger partial charge in [0.1, 0.15) is 11.4 Å². The molecule has 22 heavy (non-hydrogen) atoms. The summed E-state index contributed by atoms with van der Waals surface area (Å²) in [5, 5.41) is 5.17. The zero-order valence-electron chi connectivity index (χ0n) is 12.4. The molecule has 0 aliphatic heterocycles. The van der Waals surface area contributed by atoms with Gasteiger partial charge < -0.3 is 9.51 Å². The van der Waals surface area contributed by atoms with Gasteiger partial charge in [-0.2, -0.15) is 0 Å². The summed E-state index contributed by atoms with van der Waals surface area (Å²) in [6.07, 6.45) is 3.80. The van der Waals surface area contributed by atoms with Crippen LogP contribution < -0.4 is 0 Å². The lowest BCUT2D eigenvalue weighted by atomic mass is 9.98. The van der Waals surface area contributed by atoms with E-state index in [1.54, 1.807) is 6.20 Å². The highest BCUT2D eigenvalue weighted by molar-refractivity contribution is 5.94. The van der Waals surface area contributed by atoms with E-state index in [1.807, 2.05) is 26.1 Å². The molecule has 0 fully saturated rings. The fraction of sp³-hybridized carbons (Fsp3) is 0.111. The van der Waals surface area contributed by atoms with Crippen molar-refractivity contribution in [2.45, 2.75) is 13.8 Å². The van der Waals surface area contributed by atoms with Crippen molar-refractivity contribution in [3.63, 3.8) is 0 Å². The first-order valence-electron chi connectivity index (χ1n) is 7.20. The molecule has 0 saturated carbocycles. The minimum Gasteiger partial charge on any atom is -0.361 e. The van der Waals surface area contributed by atoms with Crippen LogP contribution in [0.2, 0.25) is 0 Å². The molecule has 3 aromatic heterocycles. The molecular formula is C18H15N3O. The summed E-state index contributed by atoms with van der Waals surface area (Å²) in [6.45, 7) is 3.91. The molecule has 0 unspecified atom stereocenters. The lowest BCUT2D eigenvalue weighted by Crippen LogP contribution is -1.83. The van der Waals surface area contributed by atoms with Crippen LogP contribution in [-0.4, -0.2) is 15.1 Å². The van der Waals surface area contributed by atoms with Crippen LogP contribution in [0.1, 0.15) is 11.5 Å². The molecule has 4 heteroatoms. The van der Waals surface area contributed by atoms with Crippen molar-refractivity contribution in [3.8, 4) is 22.3 Å². The summed E-state index contributed by atoms with van der Waals surface area (Å²) >= 11 is 0. The Morgan fingerprint density at radius 2 is 1.91 bits per heavy atom. The Hall–Kier alpha value is -2.88. The third kappa shape index (κ3) is 1.92. The standard InChI is InChI=1S/C18H15N3O/c1-11-17(12(2)22-21-11)14-6-3-5-13(9-14)16-10-20-18-15(16)7-4-8-19-18/h3-10H,1-2H3,(H,19,20). The normalized spacial score (nSPS) is 11.2. The van der Waals surface area contributed by atoms with Crippen LogP contribution in [0, 0.1) is 13.8 Å². The number of pyridine rings is 1. The molecule has 0 aliphatic carbocycles. The smallest absolute Gasteiger partial charge is 0.141 e. The minimum absolute atomic E-state index is 0.843. The Labute approximate surface area is 127 Å². The average molecular weight is 289 g/mol. The Bertz CT molecular complexity index is 946. The number of hydrogen-bond acceptors (Lipinski definition) is 3. The summed E-state index contributed by atoms with van der Waals surface area (Å²) < 4.78 is 5.28. The van der Waals surface area contributed by atoms with Gasteiger partial charge in [-0.3, -0.25) is 0 Å². The second kappa shape index (κ2) is 4.84. The fourth-order valence-electron chi connectivity index (χ4n) is 2.93. The summed E-state index contributed by atoms with van der Waals surface area (Å²) in [7, 11) is 0. The number of fused-ring (bicyclic) bond motifs is 1. The van der Waals surface area contributed by atoms with Crippen LogP contribution in [0.5, 0.6) is 0 Å². The highest BCUT2D eigenvalue weighted by Gasteiger charge is 2.13. The zero-order chi connectivity index (χ0) is 15.1. The first-order chi connectivity index (χ1) is 10.7. The van der Waals surface area contributed by atoms with Crippen molar-refractivity contribution in [1.82, 2.24) is 15.1 Å².